The van der Waals surface area contributed by atoms with Crippen LogP contribution in [0.4, 0.5) is 8.78 Å². The third-order valence-electron chi connectivity index (χ3n) is 3.47. The Labute approximate surface area is 161 Å². The molecule has 0 aliphatic heterocycles. The number of thioether (sulfide) groups is 1. The zero-order chi connectivity index (χ0) is 20.1. The van der Waals surface area contributed by atoms with Crippen molar-refractivity contribution < 1.29 is 22.5 Å². The van der Waals surface area contributed by atoms with Gasteiger partial charge in [0.2, 0.25) is 0 Å². The minimum absolute atomic E-state index is 0.271. The quantitative estimate of drug-likeness (QED) is 0.658. The lowest BCUT2D eigenvalue weighted by Gasteiger charge is -2.28. The van der Waals surface area contributed by atoms with Crippen LogP contribution < -0.4 is 4.72 Å². The average molecular weight is 408 g/mol. The molecule has 0 aliphatic carbocycles. The van der Waals surface area contributed by atoms with Crippen molar-refractivity contribution in [2.45, 2.75) is 57.1 Å². The highest BCUT2D eigenvalue weighted by atomic mass is 32.2. The molecule has 2 atom stereocenters. The van der Waals surface area contributed by atoms with Crippen molar-refractivity contribution in [3.05, 3.63) is 35.4 Å². The van der Waals surface area contributed by atoms with E-state index in [0.29, 0.717) is 5.56 Å². The molecule has 0 bridgehead atoms. The number of carbonyl (C=O) groups is 1. The maximum absolute atomic E-state index is 13.6. The standard InChI is InChI=1S/C18H27F2NO3S2/c1-7-24-16(22)18(5,6)25-11-15(21-26(23)17(2,3)4)12-8-13(19)10-14(20)9-12/h8-10,15,21H,7,11H2,1-6H3/t15-,26?/m0/s1. The van der Waals surface area contributed by atoms with Crippen molar-refractivity contribution in [3.8, 4) is 0 Å². The van der Waals surface area contributed by atoms with E-state index in [4.69, 9.17) is 4.74 Å². The van der Waals surface area contributed by atoms with E-state index >= 15 is 0 Å². The van der Waals surface area contributed by atoms with E-state index in [1.807, 2.05) is 0 Å². The fourth-order valence-electron chi connectivity index (χ4n) is 1.94. The van der Waals surface area contributed by atoms with Crippen LogP contribution >= 0.6 is 11.8 Å². The number of benzene rings is 1. The van der Waals surface area contributed by atoms with Gasteiger partial charge in [0.1, 0.15) is 16.4 Å². The molecule has 0 saturated carbocycles. The number of hydrogen-bond acceptors (Lipinski definition) is 4. The normalized spacial score (nSPS) is 14.8. The van der Waals surface area contributed by atoms with Crippen LogP contribution in [0, 0.1) is 11.6 Å². The van der Waals surface area contributed by atoms with Gasteiger partial charge in [-0.25, -0.2) is 17.7 Å². The molecule has 0 amide bonds. The van der Waals surface area contributed by atoms with Crippen molar-refractivity contribution in [2.75, 3.05) is 12.4 Å². The fraction of sp³-hybridized carbons (Fsp3) is 0.611. The Kier molecular flexibility index (Phi) is 8.23. The van der Waals surface area contributed by atoms with E-state index in [9.17, 15) is 17.8 Å². The highest BCUT2D eigenvalue weighted by Gasteiger charge is 2.32. The van der Waals surface area contributed by atoms with Crippen LogP contribution in [0.15, 0.2) is 18.2 Å². The molecule has 4 nitrogen and oxygen atoms in total. The predicted octanol–water partition coefficient (Wildman–Crippen LogP) is 4.13. The fourth-order valence-corrected chi connectivity index (χ4v) is 3.91. The molecule has 0 fully saturated rings. The molecule has 0 heterocycles. The molecule has 0 radical (unpaired) electrons. The van der Waals surface area contributed by atoms with Gasteiger partial charge in [0.25, 0.3) is 0 Å². The van der Waals surface area contributed by atoms with Gasteiger partial charge in [-0.05, 0) is 59.2 Å². The molecule has 0 spiro atoms. The summed E-state index contributed by atoms with van der Waals surface area (Å²) in [6.07, 6.45) is 0. The van der Waals surface area contributed by atoms with E-state index < -0.39 is 38.2 Å². The zero-order valence-electron chi connectivity index (χ0n) is 16.0. The lowest BCUT2D eigenvalue weighted by molar-refractivity contribution is -0.145. The van der Waals surface area contributed by atoms with E-state index in [-0.39, 0.29) is 18.3 Å². The van der Waals surface area contributed by atoms with Gasteiger partial charge in [-0.15, -0.1) is 11.8 Å². The number of rotatable bonds is 8. The summed E-state index contributed by atoms with van der Waals surface area (Å²) < 4.78 is 46.4. The van der Waals surface area contributed by atoms with E-state index in [2.05, 4.69) is 4.72 Å². The van der Waals surface area contributed by atoms with Crippen molar-refractivity contribution in [3.63, 3.8) is 0 Å². The minimum atomic E-state index is -1.45. The summed E-state index contributed by atoms with van der Waals surface area (Å²) in [4.78, 5) is 12.1. The molecule has 1 aromatic rings. The van der Waals surface area contributed by atoms with Gasteiger partial charge < -0.3 is 4.74 Å². The van der Waals surface area contributed by atoms with Crippen molar-refractivity contribution in [1.82, 2.24) is 4.72 Å². The largest absolute Gasteiger partial charge is 0.465 e. The van der Waals surface area contributed by atoms with E-state index in [0.717, 1.165) is 6.07 Å². The Balaban J connectivity index is 3.05. The second-order valence-electron chi connectivity index (χ2n) is 7.30. The summed E-state index contributed by atoms with van der Waals surface area (Å²) in [5, 5.41) is 0. The predicted molar refractivity (Wildman–Crippen MR) is 103 cm³/mol. The summed E-state index contributed by atoms with van der Waals surface area (Å²) in [6.45, 7) is 10.8. The number of carbonyl (C=O) groups excluding carboxylic acids is 1. The summed E-state index contributed by atoms with van der Waals surface area (Å²) >= 11 is 1.28. The number of nitrogens with one attached hydrogen (secondary N) is 1. The topological polar surface area (TPSA) is 55.4 Å². The van der Waals surface area contributed by atoms with Crippen LogP contribution in [0.1, 0.15) is 53.1 Å². The molecule has 0 aliphatic rings. The molecular weight excluding hydrogens is 380 g/mol. The maximum atomic E-state index is 13.6. The second kappa shape index (κ2) is 9.28. The first-order valence-corrected chi connectivity index (χ1v) is 10.5. The first-order chi connectivity index (χ1) is 11.9. The summed E-state index contributed by atoms with van der Waals surface area (Å²) in [7, 11) is -1.45. The van der Waals surface area contributed by atoms with Crippen molar-refractivity contribution >= 4 is 28.7 Å². The van der Waals surface area contributed by atoms with Crippen LogP contribution in [0.25, 0.3) is 0 Å². The highest BCUT2D eigenvalue weighted by Crippen LogP contribution is 2.31. The smallest absolute Gasteiger partial charge is 0.321 e. The Morgan fingerprint density at radius 1 is 1.19 bits per heavy atom. The first-order valence-electron chi connectivity index (χ1n) is 8.32. The second-order valence-corrected chi connectivity index (χ2v) is 10.9. The van der Waals surface area contributed by atoms with Gasteiger partial charge in [0.15, 0.2) is 0 Å². The molecule has 8 heteroatoms. The van der Waals surface area contributed by atoms with Crippen molar-refractivity contribution in [1.29, 1.82) is 0 Å². The third kappa shape index (κ3) is 6.96. The Morgan fingerprint density at radius 3 is 2.19 bits per heavy atom. The minimum Gasteiger partial charge on any atom is -0.465 e. The van der Waals surface area contributed by atoms with E-state index in [1.54, 1.807) is 41.5 Å². The van der Waals surface area contributed by atoms with Crippen LogP contribution in [0.2, 0.25) is 0 Å². The zero-order valence-corrected chi connectivity index (χ0v) is 17.7. The maximum Gasteiger partial charge on any atom is 0.321 e. The lowest BCUT2D eigenvalue weighted by Crippen LogP contribution is -2.38. The Bertz CT molecular complexity index is 640. The molecule has 0 saturated heterocycles. The van der Waals surface area contributed by atoms with E-state index in [1.165, 1.54) is 23.9 Å². The molecule has 1 unspecified atom stereocenters. The average Bonchev–Trinajstić information content (AvgIpc) is 2.49. The summed E-state index contributed by atoms with van der Waals surface area (Å²) in [5.74, 6) is -1.49. The molecule has 1 aromatic carbocycles. The SMILES string of the molecule is CCOC(=O)C(C)(C)SC[C@H](NS(=O)C(C)(C)C)c1cc(F)cc(F)c1. The van der Waals surface area contributed by atoms with Crippen LogP contribution in [0.5, 0.6) is 0 Å². The third-order valence-corrected chi connectivity index (χ3v) is 6.47. The van der Waals surface area contributed by atoms with Gasteiger partial charge in [0, 0.05) is 11.8 Å². The summed E-state index contributed by atoms with van der Waals surface area (Å²) in [6, 6.07) is 2.60. The van der Waals surface area contributed by atoms with Gasteiger partial charge in [-0.2, -0.15) is 0 Å². The van der Waals surface area contributed by atoms with Gasteiger partial charge in [0.05, 0.1) is 28.4 Å². The van der Waals surface area contributed by atoms with Crippen LogP contribution in [-0.4, -0.2) is 32.0 Å². The van der Waals surface area contributed by atoms with Gasteiger partial charge >= 0.3 is 5.97 Å². The highest BCUT2D eigenvalue weighted by molar-refractivity contribution is 8.01. The van der Waals surface area contributed by atoms with Gasteiger partial charge in [-0.1, -0.05) is 0 Å². The monoisotopic (exact) mass is 407 g/mol. The molecule has 26 heavy (non-hydrogen) atoms. The molecule has 1 rings (SSSR count). The number of ether oxygens (including phenoxy) is 1. The number of halogens is 2. The molecular formula is C18H27F2NO3S2. The first kappa shape index (κ1) is 23.0. The lowest BCUT2D eigenvalue weighted by atomic mass is 10.1. The Hall–Kier alpha value is -0.990. The number of esters is 1. The van der Waals surface area contributed by atoms with Crippen LogP contribution in [0.3, 0.4) is 0 Å². The van der Waals surface area contributed by atoms with Crippen LogP contribution in [-0.2, 0) is 20.5 Å². The number of hydrogen-bond donors (Lipinski definition) is 1. The molecule has 0 aromatic heterocycles. The summed E-state index contributed by atoms with van der Waals surface area (Å²) in [5.41, 5.74) is 0.340. The van der Waals surface area contributed by atoms with Crippen molar-refractivity contribution in [2.24, 2.45) is 0 Å². The molecule has 148 valence electrons. The van der Waals surface area contributed by atoms with Gasteiger partial charge in [-0.3, -0.25) is 4.79 Å². The Morgan fingerprint density at radius 2 is 1.73 bits per heavy atom. The molecule has 1 N–H and O–H groups in total.